The zero-order valence-electron chi connectivity index (χ0n) is 15.4. The number of nitrogens with zero attached hydrogens (tertiary/aromatic N) is 3. The van der Waals surface area contributed by atoms with Crippen molar-refractivity contribution in [3.8, 4) is 11.3 Å². The summed E-state index contributed by atoms with van der Waals surface area (Å²) in [6.45, 7) is 6.88. The lowest BCUT2D eigenvalue weighted by atomic mass is 10.0. The minimum atomic E-state index is -0.244. The van der Waals surface area contributed by atoms with Gasteiger partial charge in [-0.05, 0) is 55.0 Å². The van der Waals surface area contributed by atoms with Crippen molar-refractivity contribution in [3.63, 3.8) is 0 Å². The number of carbonyl (C=O) groups is 1. The summed E-state index contributed by atoms with van der Waals surface area (Å²) < 4.78 is 15.3. The first-order valence-corrected chi connectivity index (χ1v) is 10.3. The predicted octanol–water partition coefficient (Wildman–Crippen LogP) is 4.45. The first-order valence-electron chi connectivity index (χ1n) is 9.30. The van der Waals surface area contributed by atoms with Crippen molar-refractivity contribution in [3.05, 3.63) is 36.3 Å². The number of thioether (sulfide) groups is 1. The molecule has 3 rings (SSSR count). The van der Waals surface area contributed by atoms with Gasteiger partial charge in [-0.15, -0.1) is 0 Å². The van der Waals surface area contributed by atoms with Crippen molar-refractivity contribution in [1.82, 2.24) is 14.5 Å². The first kappa shape index (κ1) is 19.0. The Morgan fingerprint density at radius 3 is 2.81 bits per heavy atom. The summed E-state index contributed by atoms with van der Waals surface area (Å²) in [5.74, 6) is 0.947. The molecule has 0 saturated carbocycles. The molecule has 0 bridgehead atoms. The van der Waals surface area contributed by atoms with Gasteiger partial charge in [0.25, 0.3) is 0 Å². The lowest BCUT2D eigenvalue weighted by Gasteiger charge is -2.30. The van der Waals surface area contributed by atoms with Crippen LogP contribution in [-0.2, 0) is 11.3 Å². The summed E-state index contributed by atoms with van der Waals surface area (Å²) in [6.07, 6.45) is 5.09. The van der Waals surface area contributed by atoms with Gasteiger partial charge in [-0.1, -0.05) is 25.6 Å². The maximum absolute atomic E-state index is 13.2. The van der Waals surface area contributed by atoms with Gasteiger partial charge in [0.2, 0.25) is 5.91 Å². The molecule has 4 nitrogen and oxygen atoms in total. The number of carbonyl (C=O) groups excluding carboxylic acids is 1. The minimum absolute atomic E-state index is 0.191. The van der Waals surface area contributed by atoms with Gasteiger partial charge >= 0.3 is 0 Å². The van der Waals surface area contributed by atoms with Gasteiger partial charge in [0.05, 0.1) is 17.6 Å². The normalized spacial score (nSPS) is 17.5. The molecule has 1 atom stereocenters. The zero-order valence-corrected chi connectivity index (χ0v) is 16.3. The quantitative estimate of drug-likeness (QED) is 0.700. The standard InChI is InChI=1S/C20H26FN3OS/c1-3-10-24-18(16-6-8-17(21)9-7-16)12-22-20(24)26-14-19(25)23-11-4-5-15(2)13-23/h6-9,12,15H,3-5,10-11,13-14H2,1-2H3. The Morgan fingerprint density at radius 2 is 2.12 bits per heavy atom. The summed E-state index contributed by atoms with van der Waals surface area (Å²) in [4.78, 5) is 19.0. The van der Waals surface area contributed by atoms with Crippen molar-refractivity contribution in [1.29, 1.82) is 0 Å². The van der Waals surface area contributed by atoms with E-state index in [2.05, 4.69) is 23.4 Å². The highest BCUT2D eigenvalue weighted by atomic mass is 32.2. The van der Waals surface area contributed by atoms with Crippen molar-refractivity contribution >= 4 is 17.7 Å². The molecule has 26 heavy (non-hydrogen) atoms. The van der Waals surface area contributed by atoms with Crippen LogP contribution < -0.4 is 0 Å². The third-order valence-electron chi connectivity index (χ3n) is 4.74. The molecule has 0 N–H and O–H groups in total. The number of likely N-dealkylation sites (tertiary alicyclic amines) is 1. The molecule has 0 radical (unpaired) electrons. The number of halogens is 1. The number of hydrogen-bond acceptors (Lipinski definition) is 3. The fourth-order valence-electron chi connectivity index (χ4n) is 3.40. The van der Waals surface area contributed by atoms with Crippen LogP contribution in [0.5, 0.6) is 0 Å². The van der Waals surface area contributed by atoms with Crippen molar-refractivity contribution in [2.24, 2.45) is 5.92 Å². The van der Waals surface area contributed by atoms with Gasteiger partial charge in [0.1, 0.15) is 5.82 Å². The number of amides is 1. The highest BCUT2D eigenvalue weighted by Gasteiger charge is 2.22. The topological polar surface area (TPSA) is 38.1 Å². The van der Waals surface area contributed by atoms with Crippen LogP contribution in [-0.4, -0.2) is 39.2 Å². The van der Waals surface area contributed by atoms with Crippen molar-refractivity contribution < 1.29 is 9.18 Å². The Balaban J connectivity index is 1.71. The van der Waals surface area contributed by atoms with E-state index in [9.17, 15) is 9.18 Å². The van der Waals surface area contributed by atoms with E-state index < -0.39 is 0 Å². The second-order valence-electron chi connectivity index (χ2n) is 6.96. The minimum Gasteiger partial charge on any atom is -0.342 e. The summed E-state index contributed by atoms with van der Waals surface area (Å²) in [7, 11) is 0. The third kappa shape index (κ3) is 4.47. The fourth-order valence-corrected chi connectivity index (χ4v) is 4.31. The van der Waals surface area contributed by atoms with Crippen molar-refractivity contribution in [2.45, 2.75) is 44.8 Å². The van der Waals surface area contributed by atoms with E-state index in [0.717, 1.165) is 48.9 Å². The SMILES string of the molecule is CCCn1c(-c2ccc(F)cc2)cnc1SCC(=O)N1CCCC(C)C1. The largest absolute Gasteiger partial charge is 0.342 e. The van der Waals surface area contributed by atoms with Crippen LogP contribution in [0.4, 0.5) is 4.39 Å². The molecule has 1 aliphatic heterocycles. The van der Waals surface area contributed by atoms with Crippen molar-refractivity contribution in [2.75, 3.05) is 18.8 Å². The molecule has 1 aromatic carbocycles. The zero-order chi connectivity index (χ0) is 18.5. The van der Waals surface area contributed by atoms with E-state index in [1.165, 1.54) is 30.3 Å². The Kier molecular flexibility index (Phi) is 6.35. The molecule has 1 fully saturated rings. The highest BCUT2D eigenvalue weighted by molar-refractivity contribution is 7.99. The van der Waals surface area contributed by atoms with Gasteiger partial charge in [-0.2, -0.15) is 0 Å². The average molecular weight is 376 g/mol. The molecule has 2 heterocycles. The molecule has 0 spiro atoms. The van der Waals surface area contributed by atoms with Crippen LogP contribution in [0.1, 0.15) is 33.1 Å². The van der Waals surface area contributed by atoms with E-state index in [1.807, 2.05) is 11.1 Å². The summed E-state index contributed by atoms with van der Waals surface area (Å²) in [6, 6.07) is 6.47. The summed E-state index contributed by atoms with van der Waals surface area (Å²) >= 11 is 1.50. The van der Waals surface area contributed by atoms with Gasteiger partial charge in [-0.25, -0.2) is 9.37 Å². The summed E-state index contributed by atoms with van der Waals surface area (Å²) in [5.41, 5.74) is 1.91. The van der Waals surface area contributed by atoms with Crippen LogP contribution >= 0.6 is 11.8 Å². The average Bonchev–Trinajstić information content (AvgIpc) is 3.03. The number of benzene rings is 1. The molecule has 1 aliphatic rings. The van der Waals surface area contributed by atoms with Crippen LogP contribution in [0.15, 0.2) is 35.6 Å². The maximum atomic E-state index is 13.2. The molecule has 1 saturated heterocycles. The van der Waals surface area contributed by atoms with E-state index in [1.54, 1.807) is 12.1 Å². The molecule has 0 aliphatic carbocycles. The molecule has 1 aromatic heterocycles. The Bertz CT molecular complexity index is 744. The first-order chi connectivity index (χ1) is 12.6. The number of hydrogen-bond donors (Lipinski definition) is 0. The molecule has 2 aromatic rings. The molecule has 6 heteroatoms. The van der Waals surface area contributed by atoms with E-state index in [-0.39, 0.29) is 11.7 Å². The predicted molar refractivity (Wildman–Crippen MR) is 104 cm³/mol. The molecule has 1 amide bonds. The number of imidazole rings is 1. The monoisotopic (exact) mass is 375 g/mol. The molecule has 1 unspecified atom stereocenters. The maximum Gasteiger partial charge on any atom is 0.233 e. The molecule has 140 valence electrons. The van der Waals surface area contributed by atoms with Gasteiger partial charge in [0.15, 0.2) is 5.16 Å². The van der Waals surface area contributed by atoms with Crippen LogP contribution in [0.2, 0.25) is 0 Å². The molecular weight excluding hydrogens is 349 g/mol. The van der Waals surface area contributed by atoms with Crippen LogP contribution in [0.3, 0.4) is 0 Å². The smallest absolute Gasteiger partial charge is 0.233 e. The lowest BCUT2D eigenvalue weighted by Crippen LogP contribution is -2.40. The van der Waals surface area contributed by atoms with Gasteiger partial charge in [0, 0.05) is 19.6 Å². The number of aromatic nitrogens is 2. The Labute approximate surface area is 158 Å². The lowest BCUT2D eigenvalue weighted by molar-refractivity contribution is -0.130. The van der Waals surface area contributed by atoms with E-state index in [0.29, 0.717) is 11.7 Å². The molecular formula is C20H26FN3OS. The second kappa shape index (κ2) is 8.71. The van der Waals surface area contributed by atoms with E-state index in [4.69, 9.17) is 0 Å². The highest BCUT2D eigenvalue weighted by Crippen LogP contribution is 2.27. The van der Waals surface area contributed by atoms with Gasteiger partial charge < -0.3 is 9.47 Å². The second-order valence-corrected chi connectivity index (χ2v) is 7.90. The number of rotatable bonds is 6. The fraction of sp³-hybridized carbons (Fsp3) is 0.500. The Morgan fingerprint density at radius 1 is 1.35 bits per heavy atom. The van der Waals surface area contributed by atoms with E-state index >= 15 is 0 Å². The third-order valence-corrected chi connectivity index (χ3v) is 5.72. The Hall–Kier alpha value is -1.82. The van der Waals surface area contributed by atoms with Gasteiger partial charge in [-0.3, -0.25) is 4.79 Å². The summed E-state index contributed by atoms with van der Waals surface area (Å²) in [5, 5.41) is 0.851. The van der Waals surface area contributed by atoms with Crippen LogP contribution in [0.25, 0.3) is 11.3 Å². The van der Waals surface area contributed by atoms with Crippen LogP contribution in [0, 0.1) is 11.7 Å². The number of piperidine rings is 1.